The maximum atomic E-state index is 12.2. The van der Waals surface area contributed by atoms with Crippen molar-refractivity contribution in [3.63, 3.8) is 0 Å². The fourth-order valence-electron chi connectivity index (χ4n) is 1.69. The van der Waals surface area contributed by atoms with Crippen LogP contribution in [0, 0.1) is 19.9 Å². The van der Waals surface area contributed by atoms with Crippen LogP contribution < -0.4 is 0 Å². The molecule has 2 aromatic rings. The molecule has 20 heavy (non-hydrogen) atoms. The van der Waals surface area contributed by atoms with Gasteiger partial charge in [-0.2, -0.15) is 30.3 Å². The average Bonchev–Trinajstić information content (AvgIpc) is 2.33. The van der Waals surface area contributed by atoms with Crippen LogP contribution in [0.2, 0.25) is 0 Å². The molecule has 2 aromatic carbocycles. The zero-order valence-electron chi connectivity index (χ0n) is 11.8. The summed E-state index contributed by atoms with van der Waals surface area (Å²) in [6.07, 6.45) is 0. The number of ketones is 1. The molecule has 92 valence electrons. The van der Waals surface area contributed by atoms with Gasteiger partial charge in [-0.3, -0.25) is 4.79 Å². The molecule has 0 unspecified atom stereocenters. The maximum Gasteiger partial charge on any atom is 0.169 e. The Kier molecular flexibility index (Phi) is 19.1. The molecule has 0 aliphatic rings. The van der Waals surface area contributed by atoms with Crippen LogP contribution in [0.4, 0.5) is 0 Å². The molecule has 0 atom stereocenters. The number of hydrogen-bond donors (Lipinski definition) is 0. The molecule has 0 aliphatic carbocycles. The first kappa shape index (κ1) is 27.4. The Labute approximate surface area is 221 Å². The molecule has 2 rings (SSSR count). The van der Waals surface area contributed by atoms with Gasteiger partial charge in [-0.15, -0.1) is 0 Å². The van der Waals surface area contributed by atoms with Gasteiger partial charge < -0.3 is 0 Å². The largest absolute Gasteiger partial charge is 0.291 e. The van der Waals surface area contributed by atoms with Gasteiger partial charge in [0, 0.05) is 136 Å². The van der Waals surface area contributed by atoms with Crippen LogP contribution in [0.25, 0.3) is 0 Å². The summed E-state index contributed by atoms with van der Waals surface area (Å²) in [5.41, 5.74) is 3.70. The minimum atomic E-state index is 0. The van der Waals surface area contributed by atoms with E-state index in [1.807, 2.05) is 32.0 Å². The molecular weight excluding hydrogens is 552 g/mol. The Morgan fingerprint density at radius 2 is 1.45 bits per heavy atom. The first-order chi connectivity index (χ1) is 7.70. The molecule has 0 aliphatic heterocycles. The molecule has 1 nitrogen and oxygen atoms in total. The van der Waals surface area contributed by atoms with Gasteiger partial charge in [-0.25, -0.2) is 0 Å². The monoisotopic (exact) mass is 565 g/mol. The van der Waals surface area contributed by atoms with Gasteiger partial charge in [0.25, 0.3) is 0 Å². The van der Waals surface area contributed by atoms with Gasteiger partial charge in [0.05, 0.1) is 0 Å². The standard InChI is InChI=1S/C15H13O.4Y/c1-11-7-6-10-14(12(11)2)15(16)13-8-4-3-5-9-13;;;;/h4-10H,1-2H3;;;;/q-1;;;;. The zero-order valence-corrected chi connectivity index (χ0v) is 23.1. The normalized spacial score (nSPS) is 8.10. The molecular formula is C15H13OY4-. The third kappa shape index (κ3) is 7.40. The van der Waals surface area contributed by atoms with Crippen molar-refractivity contribution in [2.24, 2.45) is 0 Å². The van der Waals surface area contributed by atoms with Crippen LogP contribution in [0.5, 0.6) is 0 Å². The third-order valence-electron chi connectivity index (χ3n) is 2.83. The van der Waals surface area contributed by atoms with E-state index in [1.165, 1.54) is 0 Å². The van der Waals surface area contributed by atoms with E-state index >= 15 is 0 Å². The Morgan fingerprint density at radius 3 is 2.00 bits per heavy atom. The van der Waals surface area contributed by atoms with Crippen LogP contribution >= 0.6 is 0 Å². The van der Waals surface area contributed by atoms with E-state index in [-0.39, 0.29) is 137 Å². The Morgan fingerprint density at radius 1 is 0.900 bits per heavy atom. The summed E-state index contributed by atoms with van der Waals surface area (Å²) in [4.78, 5) is 12.2. The first-order valence-electron chi connectivity index (χ1n) is 5.27. The second-order valence-electron chi connectivity index (χ2n) is 3.87. The molecule has 5 heteroatoms. The maximum absolute atomic E-state index is 12.2. The van der Waals surface area contributed by atoms with Crippen molar-refractivity contribution in [2.45, 2.75) is 13.8 Å². The van der Waals surface area contributed by atoms with Crippen molar-refractivity contribution < 1.29 is 136 Å². The van der Waals surface area contributed by atoms with E-state index < -0.39 is 0 Å². The topological polar surface area (TPSA) is 17.1 Å². The second kappa shape index (κ2) is 13.9. The summed E-state index contributed by atoms with van der Waals surface area (Å²) in [5.74, 6) is 0.0789. The fraction of sp³-hybridized carbons (Fsp3) is 0.133. The fourth-order valence-corrected chi connectivity index (χ4v) is 1.69. The van der Waals surface area contributed by atoms with E-state index in [1.54, 1.807) is 24.3 Å². The Bertz CT molecular complexity index is 527. The average molecular weight is 565 g/mol. The smallest absolute Gasteiger partial charge is 0.169 e. The molecule has 0 spiro atoms. The van der Waals surface area contributed by atoms with Gasteiger partial charge in [0.2, 0.25) is 0 Å². The molecule has 0 amide bonds. The minimum Gasteiger partial charge on any atom is -0.291 e. The van der Waals surface area contributed by atoms with E-state index in [0.29, 0.717) is 5.56 Å². The number of benzene rings is 2. The van der Waals surface area contributed by atoms with Crippen molar-refractivity contribution >= 4 is 5.78 Å². The molecule has 4 radical (unpaired) electrons. The van der Waals surface area contributed by atoms with Crippen molar-refractivity contribution in [1.29, 1.82) is 0 Å². The van der Waals surface area contributed by atoms with E-state index in [0.717, 1.165) is 16.7 Å². The van der Waals surface area contributed by atoms with Crippen LogP contribution in [0.15, 0.2) is 42.5 Å². The molecule has 0 bridgehead atoms. The number of aryl methyl sites for hydroxylation is 1. The van der Waals surface area contributed by atoms with Crippen LogP contribution in [-0.4, -0.2) is 5.78 Å². The third-order valence-corrected chi connectivity index (χ3v) is 2.83. The van der Waals surface area contributed by atoms with E-state index in [9.17, 15) is 4.79 Å². The van der Waals surface area contributed by atoms with Crippen LogP contribution in [-0.2, 0) is 131 Å². The van der Waals surface area contributed by atoms with Gasteiger partial charge in [-0.1, -0.05) is 23.8 Å². The summed E-state index contributed by atoms with van der Waals surface area (Å²) < 4.78 is 0. The van der Waals surface area contributed by atoms with Crippen molar-refractivity contribution in [3.8, 4) is 0 Å². The van der Waals surface area contributed by atoms with Crippen LogP contribution in [0.3, 0.4) is 0 Å². The number of rotatable bonds is 2. The van der Waals surface area contributed by atoms with Gasteiger partial charge in [0.15, 0.2) is 5.78 Å². The summed E-state index contributed by atoms with van der Waals surface area (Å²) in [6, 6.07) is 15.8. The SMILES string of the molecule is Cc1cccc(C(=O)c2cc[c-]cc2)c1C.[Y].[Y].[Y].[Y]. The molecule has 0 saturated carbocycles. The summed E-state index contributed by atoms with van der Waals surface area (Å²) >= 11 is 0. The minimum absolute atomic E-state index is 0. The quantitative estimate of drug-likeness (QED) is 0.404. The van der Waals surface area contributed by atoms with E-state index in [2.05, 4.69) is 6.07 Å². The number of carbonyl (C=O) groups is 1. The molecule has 0 N–H and O–H groups in total. The molecule has 0 heterocycles. The predicted molar refractivity (Wildman–Crippen MR) is 64.6 cm³/mol. The van der Waals surface area contributed by atoms with Gasteiger partial charge >= 0.3 is 0 Å². The Hall–Kier alpha value is 2.53. The van der Waals surface area contributed by atoms with E-state index in [4.69, 9.17) is 0 Å². The van der Waals surface area contributed by atoms with Gasteiger partial charge in [0.1, 0.15) is 0 Å². The van der Waals surface area contributed by atoms with Gasteiger partial charge in [-0.05, 0) is 25.0 Å². The molecule has 0 aromatic heterocycles. The van der Waals surface area contributed by atoms with Crippen LogP contribution in [0.1, 0.15) is 27.0 Å². The molecule has 0 fully saturated rings. The van der Waals surface area contributed by atoms with Crippen molar-refractivity contribution in [3.05, 3.63) is 70.8 Å². The van der Waals surface area contributed by atoms with Crippen molar-refractivity contribution in [2.75, 3.05) is 0 Å². The summed E-state index contributed by atoms with van der Waals surface area (Å²) in [5, 5.41) is 0. The summed E-state index contributed by atoms with van der Waals surface area (Å²) in [6.45, 7) is 4.00. The number of hydrogen-bond acceptors (Lipinski definition) is 1. The first-order valence-corrected chi connectivity index (χ1v) is 5.27. The number of carbonyl (C=O) groups excluding carboxylic acids is 1. The zero-order chi connectivity index (χ0) is 11.5. The summed E-state index contributed by atoms with van der Waals surface area (Å²) in [7, 11) is 0. The molecule has 0 saturated heterocycles. The van der Waals surface area contributed by atoms with Crippen molar-refractivity contribution in [1.82, 2.24) is 0 Å². The second-order valence-corrected chi connectivity index (χ2v) is 3.87. The Balaban J connectivity index is -0.000000722. The predicted octanol–water partition coefficient (Wildman–Crippen LogP) is 3.32.